The molecule has 0 saturated heterocycles. The molecule has 0 radical (unpaired) electrons. The topological polar surface area (TPSA) is 85.9 Å². The van der Waals surface area contributed by atoms with Crippen LogP contribution in [0.25, 0.3) is 5.76 Å². The highest BCUT2D eigenvalue weighted by Gasteiger charge is 2.27. The molecule has 1 aliphatic rings. The highest BCUT2D eigenvalue weighted by molar-refractivity contribution is 5.64. The van der Waals surface area contributed by atoms with E-state index in [1.54, 1.807) is 6.92 Å². The van der Waals surface area contributed by atoms with Crippen molar-refractivity contribution in [1.82, 2.24) is 9.97 Å². The number of hydrogen-bond acceptors (Lipinski definition) is 3. The molecule has 0 aliphatic heterocycles. The van der Waals surface area contributed by atoms with Crippen LogP contribution in [0.2, 0.25) is 0 Å². The van der Waals surface area contributed by atoms with Crippen LogP contribution in [0.5, 0.6) is 0 Å². The smallest absolute Gasteiger partial charge is 0.325 e. The number of allylic oxidation sites excluding steroid dienone is 1. The average Bonchev–Trinajstić information content (AvgIpc) is 2.13. The molecule has 0 spiro atoms. The van der Waals surface area contributed by atoms with Gasteiger partial charge in [-0.1, -0.05) is 6.92 Å². The number of aliphatic hydroxyl groups excluding tert-OH is 1. The van der Waals surface area contributed by atoms with E-state index in [1.165, 1.54) is 0 Å². The summed E-state index contributed by atoms with van der Waals surface area (Å²) in [7, 11) is 0. The van der Waals surface area contributed by atoms with Gasteiger partial charge in [0.2, 0.25) is 0 Å². The Labute approximate surface area is 83.3 Å². The summed E-state index contributed by atoms with van der Waals surface area (Å²) in [5.74, 6) is -1.74. The molecule has 2 rings (SSSR count). The average molecular weight is 212 g/mol. The van der Waals surface area contributed by atoms with Gasteiger partial charge < -0.3 is 10.1 Å². The fourth-order valence-electron chi connectivity index (χ4n) is 1.71. The van der Waals surface area contributed by atoms with E-state index >= 15 is 0 Å². The van der Waals surface area contributed by atoms with Gasteiger partial charge in [-0.2, -0.15) is 0 Å². The molecule has 0 saturated carbocycles. The van der Waals surface area contributed by atoms with Crippen LogP contribution in [-0.2, 0) is 0 Å². The number of nitrogens with one attached hydrogen (secondary N) is 2. The summed E-state index contributed by atoms with van der Waals surface area (Å²) in [5.41, 5.74) is -1.32. The summed E-state index contributed by atoms with van der Waals surface area (Å²) >= 11 is 0. The van der Waals surface area contributed by atoms with Gasteiger partial charge in [0.15, 0.2) is 5.76 Å². The monoisotopic (exact) mass is 212 g/mol. The van der Waals surface area contributed by atoms with Crippen molar-refractivity contribution in [2.24, 2.45) is 0 Å². The Bertz CT molecular complexity index is 555. The number of halogens is 1. The van der Waals surface area contributed by atoms with E-state index in [1.807, 2.05) is 4.98 Å². The van der Waals surface area contributed by atoms with Crippen molar-refractivity contribution in [2.75, 3.05) is 0 Å². The molecule has 0 bridgehead atoms. The number of H-pyrrole nitrogens is 2. The summed E-state index contributed by atoms with van der Waals surface area (Å²) in [4.78, 5) is 26.7. The molecule has 5 nitrogen and oxygen atoms in total. The third kappa shape index (κ3) is 1.38. The third-order valence-electron chi connectivity index (χ3n) is 2.44. The number of rotatable bonds is 0. The van der Waals surface area contributed by atoms with E-state index in [0.717, 1.165) is 0 Å². The van der Waals surface area contributed by atoms with Gasteiger partial charge >= 0.3 is 5.69 Å². The summed E-state index contributed by atoms with van der Waals surface area (Å²) in [6.07, 6.45) is -0.0156. The largest absolute Gasteiger partial charge is 0.504 e. The van der Waals surface area contributed by atoms with E-state index in [4.69, 9.17) is 0 Å². The molecule has 0 aromatic carbocycles. The van der Waals surface area contributed by atoms with Gasteiger partial charge in [0.05, 0.1) is 0 Å². The van der Waals surface area contributed by atoms with E-state index in [9.17, 15) is 19.1 Å². The summed E-state index contributed by atoms with van der Waals surface area (Å²) in [5, 5.41) is 9.38. The van der Waals surface area contributed by atoms with Crippen LogP contribution in [0.1, 0.15) is 30.5 Å². The Morgan fingerprint density at radius 3 is 2.73 bits per heavy atom. The third-order valence-corrected chi connectivity index (χ3v) is 2.44. The number of aliphatic hydroxyl groups is 1. The predicted octanol–water partition coefficient (Wildman–Crippen LogP) is 0.766. The molecule has 6 heteroatoms. The maximum atomic E-state index is 13.2. The van der Waals surface area contributed by atoms with Gasteiger partial charge in [0, 0.05) is 18.0 Å². The molecule has 80 valence electrons. The zero-order chi connectivity index (χ0) is 11.2. The number of aromatic amines is 2. The highest BCUT2D eigenvalue weighted by atomic mass is 19.1. The van der Waals surface area contributed by atoms with Crippen LogP contribution in [0.15, 0.2) is 15.4 Å². The minimum atomic E-state index is -0.770. The van der Waals surface area contributed by atoms with Crippen molar-refractivity contribution in [3.63, 3.8) is 0 Å². The van der Waals surface area contributed by atoms with Crippen LogP contribution in [0.4, 0.5) is 4.39 Å². The second-order valence-corrected chi connectivity index (χ2v) is 3.56. The number of fused-ring (bicyclic) bond motifs is 1. The minimum absolute atomic E-state index is 0.0156. The fourth-order valence-corrected chi connectivity index (χ4v) is 1.71. The molecule has 15 heavy (non-hydrogen) atoms. The Kier molecular flexibility index (Phi) is 1.99. The first-order valence-electron chi connectivity index (χ1n) is 4.45. The normalized spacial score (nSPS) is 20.3. The van der Waals surface area contributed by atoms with E-state index in [0.29, 0.717) is 0 Å². The molecular weight excluding hydrogens is 203 g/mol. The fraction of sp³-hybridized carbons (Fsp3) is 0.333. The standard InChI is InChI=1S/C9H9FN2O3/c1-3-2-4(10)7(13)5-6(3)11-9(15)12-8(5)14/h3,13H,2H2,1H3,(H2,11,12,14,15). The van der Waals surface area contributed by atoms with Gasteiger partial charge in [-0.05, 0) is 0 Å². The van der Waals surface area contributed by atoms with E-state index < -0.39 is 22.8 Å². The molecule has 0 amide bonds. The summed E-state index contributed by atoms with van der Waals surface area (Å²) in [6.45, 7) is 1.67. The lowest BCUT2D eigenvalue weighted by atomic mass is 9.92. The van der Waals surface area contributed by atoms with Gasteiger partial charge in [-0.25, -0.2) is 9.18 Å². The molecule has 0 fully saturated rings. The highest BCUT2D eigenvalue weighted by Crippen LogP contribution is 2.33. The molecule has 1 aromatic heterocycles. The number of hydrogen-bond donors (Lipinski definition) is 3. The summed E-state index contributed by atoms with van der Waals surface area (Å²) < 4.78 is 13.2. The van der Waals surface area contributed by atoms with Gasteiger partial charge in [0.1, 0.15) is 11.4 Å². The van der Waals surface area contributed by atoms with Crippen molar-refractivity contribution in [3.8, 4) is 0 Å². The van der Waals surface area contributed by atoms with Gasteiger partial charge in [-0.3, -0.25) is 9.78 Å². The van der Waals surface area contributed by atoms with Crippen LogP contribution in [0, 0.1) is 0 Å². The Morgan fingerprint density at radius 1 is 1.40 bits per heavy atom. The minimum Gasteiger partial charge on any atom is -0.504 e. The Morgan fingerprint density at radius 2 is 2.07 bits per heavy atom. The lowest BCUT2D eigenvalue weighted by Crippen LogP contribution is -2.30. The zero-order valence-corrected chi connectivity index (χ0v) is 7.93. The lowest BCUT2D eigenvalue weighted by molar-refractivity contribution is 0.442. The molecule has 3 N–H and O–H groups in total. The number of aromatic nitrogens is 2. The first-order chi connectivity index (χ1) is 7.00. The first-order valence-corrected chi connectivity index (χ1v) is 4.45. The maximum Gasteiger partial charge on any atom is 0.325 e. The Balaban J connectivity index is 2.85. The Hall–Kier alpha value is -1.85. The van der Waals surface area contributed by atoms with Crippen LogP contribution < -0.4 is 11.2 Å². The molecule has 1 aromatic rings. The molecule has 1 aliphatic carbocycles. The first kappa shape index (κ1) is 9.70. The quantitative estimate of drug-likeness (QED) is 0.593. The van der Waals surface area contributed by atoms with Crippen molar-refractivity contribution in [2.45, 2.75) is 19.3 Å². The molecule has 1 unspecified atom stereocenters. The van der Waals surface area contributed by atoms with E-state index in [-0.39, 0.29) is 23.6 Å². The van der Waals surface area contributed by atoms with Crippen molar-refractivity contribution in [3.05, 3.63) is 37.9 Å². The second-order valence-electron chi connectivity index (χ2n) is 3.56. The van der Waals surface area contributed by atoms with Gasteiger partial charge in [-0.15, -0.1) is 0 Å². The second kappa shape index (κ2) is 3.08. The van der Waals surface area contributed by atoms with Crippen LogP contribution >= 0.6 is 0 Å². The summed E-state index contributed by atoms with van der Waals surface area (Å²) in [6, 6.07) is 0. The van der Waals surface area contributed by atoms with E-state index in [2.05, 4.69) is 4.98 Å². The van der Waals surface area contributed by atoms with Crippen LogP contribution in [0.3, 0.4) is 0 Å². The van der Waals surface area contributed by atoms with Crippen molar-refractivity contribution in [1.29, 1.82) is 0 Å². The predicted molar refractivity (Wildman–Crippen MR) is 51.4 cm³/mol. The lowest BCUT2D eigenvalue weighted by Gasteiger charge is -2.19. The SMILES string of the molecule is CC1CC(F)=C(O)c2c1[nH]c(=O)[nH]c2=O. The molecular formula is C9H9FN2O3. The molecule has 1 heterocycles. The van der Waals surface area contributed by atoms with Crippen LogP contribution in [-0.4, -0.2) is 15.1 Å². The maximum absolute atomic E-state index is 13.2. The zero-order valence-electron chi connectivity index (χ0n) is 7.93. The van der Waals surface area contributed by atoms with Crippen molar-refractivity contribution < 1.29 is 9.50 Å². The van der Waals surface area contributed by atoms with Crippen molar-refractivity contribution >= 4 is 5.76 Å². The van der Waals surface area contributed by atoms with Gasteiger partial charge in [0.25, 0.3) is 5.56 Å². The molecule has 1 atom stereocenters.